The summed E-state index contributed by atoms with van der Waals surface area (Å²) in [6, 6.07) is -0.159. The lowest BCUT2D eigenvalue weighted by Gasteiger charge is -2.24. The average molecular weight is 171 g/mol. The molecule has 1 saturated heterocycles. The van der Waals surface area contributed by atoms with Crippen LogP contribution >= 0.6 is 0 Å². The van der Waals surface area contributed by atoms with Crippen LogP contribution in [0.4, 0.5) is 4.79 Å². The van der Waals surface area contributed by atoms with Crippen LogP contribution in [0.1, 0.15) is 13.8 Å². The summed E-state index contributed by atoms with van der Waals surface area (Å²) in [5.74, 6) is 0.370. The second-order valence-electron chi connectivity index (χ2n) is 3.38. The zero-order valence-corrected chi connectivity index (χ0v) is 7.70. The van der Waals surface area contributed by atoms with Gasteiger partial charge in [0.15, 0.2) is 5.84 Å². The third kappa shape index (κ3) is 0.855. The molecule has 1 aliphatic heterocycles. The molecule has 1 heterocycles. The SMILES string of the molecule is CN1C(=O)N(C)C(C)(C)/C1=N/O. The maximum absolute atomic E-state index is 11.3. The Labute approximate surface area is 71.2 Å². The summed E-state index contributed by atoms with van der Waals surface area (Å²) in [4.78, 5) is 14.2. The van der Waals surface area contributed by atoms with Crippen LogP contribution in [-0.2, 0) is 0 Å². The van der Waals surface area contributed by atoms with Crippen LogP contribution in [0.25, 0.3) is 0 Å². The van der Waals surface area contributed by atoms with E-state index >= 15 is 0 Å². The first-order valence-corrected chi connectivity index (χ1v) is 3.67. The van der Waals surface area contributed by atoms with Crippen molar-refractivity contribution in [3.63, 3.8) is 0 Å². The molecule has 0 aromatic heterocycles. The first-order chi connectivity index (χ1) is 5.42. The number of likely N-dealkylation sites (N-methyl/N-ethyl adjacent to an activating group) is 2. The number of hydrogen-bond acceptors (Lipinski definition) is 3. The molecule has 68 valence electrons. The Morgan fingerprint density at radius 3 is 2.08 bits per heavy atom. The molecule has 0 unspecified atom stereocenters. The van der Waals surface area contributed by atoms with E-state index in [-0.39, 0.29) is 6.03 Å². The molecule has 0 aromatic carbocycles. The van der Waals surface area contributed by atoms with E-state index < -0.39 is 5.54 Å². The number of rotatable bonds is 0. The largest absolute Gasteiger partial charge is 0.409 e. The summed E-state index contributed by atoms with van der Waals surface area (Å²) in [6.07, 6.45) is 0. The van der Waals surface area contributed by atoms with Crippen molar-refractivity contribution in [3.05, 3.63) is 0 Å². The highest BCUT2D eigenvalue weighted by Crippen LogP contribution is 2.25. The fraction of sp³-hybridized carbons (Fsp3) is 0.714. The number of nitrogens with zero attached hydrogens (tertiary/aromatic N) is 3. The monoisotopic (exact) mass is 171 g/mol. The van der Waals surface area contributed by atoms with E-state index in [1.165, 1.54) is 9.80 Å². The summed E-state index contributed by atoms with van der Waals surface area (Å²) in [5.41, 5.74) is -0.527. The summed E-state index contributed by atoms with van der Waals surface area (Å²) in [6.45, 7) is 3.65. The van der Waals surface area contributed by atoms with Gasteiger partial charge in [-0.3, -0.25) is 4.90 Å². The number of urea groups is 1. The molecule has 0 aromatic rings. The third-order valence-electron chi connectivity index (χ3n) is 2.37. The van der Waals surface area contributed by atoms with E-state index in [0.29, 0.717) is 5.84 Å². The molecule has 0 bridgehead atoms. The summed E-state index contributed by atoms with van der Waals surface area (Å²) in [5, 5.41) is 11.8. The molecule has 0 spiro atoms. The molecule has 5 nitrogen and oxygen atoms in total. The summed E-state index contributed by atoms with van der Waals surface area (Å²) in [7, 11) is 3.26. The van der Waals surface area contributed by atoms with Crippen LogP contribution < -0.4 is 0 Å². The maximum Gasteiger partial charge on any atom is 0.325 e. The van der Waals surface area contributed by atoms with Crippen LogP contribution in [0.2, 0.25) is 0 Å². The first-order valence-electron chi connectivity index (χ1n) is 3.67. The van der Waals surface area contributed by atoms with Crippen molar-refractivity contribution < 1.29 is 10.0 Å². The fourth-order valence-electron chi connectivity index (χ4n) is 1.30. The van der Waals surface area contributed by atoms with Gasteiger partial charge in [0.05, 0.1) is 0 Å². The van der Waals surface area contributed by atoms with Crippen molar-refractivity contribution in [1.29, 1.82) is 0 Å². The van der Waals surface area contributed by atoms with Crippen molar-refractivity contribution in [2.75, 3.05) is 14.1 Å². The van der Waals surface area contributed by atoms with Gasteiger partial charge in [0.25, 0.3) is 0 Å². The predicted molar refractivity (Wildman–Crippen MR) is 44.2 cm³/mol. The summed E-state index contributed by atoms with van der Waals surface area (Å²) < 4.78 is 0. The highest BCUT2D eigenvalue weighted by atomic mass is 16.4. The highest BCUT2D eigenvalue weighted by molar-refractivity contribution is 6.08. The van der Waals surface area contributed by atoms with Gasteiger partial charge in [-0.05, 0) is 13.8 Å². The van der Waals surface area contributed by atoms with E-state index in [1.54, 1.807) is 14.1 Å². The van der Waals surface area contributed by atoms with E-state index in [2.05, 4.69) is 5.16 Å². The molecule has 1 N–H and O–H groups in total. The Kier molecular flexibility index (Phi) is 1.74. The zero-order chi connectivity index (χ0) is 9.52. The van der Waals surface area contributed by atoms with Crippen LogP contribution in [-0.4, -0.2) is 46.5 Å². The molecule has 0 atom stereocenters. The van der Waals surface area contributed by atoms with Gasteiger partial charge in [-0.1, -0.05) is 5.16 Å². The van der Waals surface area contributed by atoms with E-state index in [4.69, 9.17) is 5.21 Å². The van der Waals surface area contributed by atoms with Crippen molar-refractivity contribution in [1.82, 2.24) is 9.80 Å². The lowest BCUT2D eigenvalue weighted by atomic mass is 10.0. The van der Waals surface area contributed by atoms with Gasteiger partial charge in [0.2, 0.25) is 0 Å². The van der Waals surface area contributed by atoms with E-state index in [0.717, 1.165) is 0 Å². The second-order valence-corrected chi connectivity index (χ2v) is 3.38. The smallest absolute Gasteiger partial charge is 0.325 e. The maximum atomic E-state index is 11.3. The van der Waals surface area contributed by atoms with Crippen LogP contribution in [0.15, 0.2) is 5.16 Å². The van der Waals surface area contributed by atoms with Crippen molar-refractivity contribution in [3.8, 4) is 0 Å². The Bertz CT molecular complexity index is 247. The van der Waals surface area contributed by atoms with Crippen molar-refractivity contribution >= 4 is 11.9 Å². The Morgan fingerprint density at radius 1 is 1.42 bits per heavy atom. The molecule has 0 saturated carbocycles. The molecule has 2 amide bonds. The van der Waals surface area contributed by atoms with Gasteiger partial charge in [-0.25, -0.2) is 4.79 Å². The average Bonchev–Trinajstić information content (AvgIpc) is 2.13. The molecule has 1 fully saturated rings. The predicted octanol–water partition coefficient (Wildman–Crippen LogP) is 0.550. The lowest BCUT2D eigenvalue weighted by molar-refractivity contribution is 0.191. The standard InChI is InChI=1S/C7H13N3O2/c1-7(2)5(8-12)9(3)6(11)10(7)4/h12H,1-4H3/b8-5-. The fourth-order valence-corrected chi connectivity index (χ4v) is 1.30. The van der Waals surface area contributed by atoms with E-state index in [9.17, 15) is 4.79 Å². The van der Waals surface area contributed by atoms with E-state index in [1.807, 2.05) is 13.8 Å². The Morgan fingerprint density at radius 2 is 1.92 bits per heavy atom. The topological polar surface area (TPSA) is 56.1 Å². The molecular formula is C7H13N3O2. The van der Waals surface area contributed by atoms with Gasteiger partial charge < -0.3 is 10.1 Å². The number of amidine groups is 1. The molecule has 1 aliphatic rings. The second kappa shape index (κ2) is 2.36. The molecule has 5 heteroatoms. The Balaban J connectivity index is 3.14. The van der Waals surface area contributed by atoms with Gasteiger partial charge in [-0.2, -0.15) is 0 Å². The van der Waals surface area contributed by atoms with Gasteiger partial charge >= 0.3 is 6.03 Å². The van der Waals surface area contributed by atoms with Crippen LogP contribution in [0.5, 0.6) is 0 Å². The van der Waals surface area contributed by atoms with Crippen molar-refractivity contribution in [2.45, 2.75) is 19.4 Å². The third-order valence-corrected chi connectivity index (χ3v) is 2.37. The minimum Gasteiger partial charge on any atom is -0.409 e. The van der Waals surface area contributed by atoms with Gasteiger partial charge in [0.1, 0.15) is 5.54 Å². The minimum atomic E-state index is -0.527. The number of hydrogen-bond donors (Lipinski definition) is 1. The number of oxime groups is 1. The molecule has 0 radical (unpaired) electrons. The molecular weight excluding hydrogens is 158 g/mol. The normalized spacial score (nSPS) is 25.7. The number of carbonyl (C=O) groups is 1. The van der Waals surface area contributed by atoms with Crippen molar-refractivity contribution in [2.24, 2.45) is 5.16 Å². The zero-order valence-electron chi connectivity index (χ0n) is 7.70. The first kappa shape index (κ1) is 8.83. The van der Waals surface area contributed by atoms with Crippen LogP contribution in [0.3, 0.4) is 0 Å². The van der Waals surface area contributed by atoms with Gasteiger partial charge in [0, 0.05) is 14.1 Å². The quantitative estimate of drug-likeness (QED) is 0.427. The molecule has 12 heavy (non-hydrogen) atoms. The molecule has 1 rings (SSSR count). The van der Waals surface area contributed by atoms with Gasteiger partial charge in [-0.15, -0.1) is 0 Å². The lowest BCUT2D eigenvalue weighted by Crippen LogP contribution is -2.41. The minimum absolute atomic E-state index is 0.159. The number of amides is 2. The van der Waals surface area contributed by atoms with Crippen LogP contribution in [0, 0.1) is 0 Å². The molecule has 0 aliphatic carbocycles. The highest BCUT2D eigenvalue weighted by Gasteiger charge is 2.45. The summed E-state index contributed by atoms with van der Waals surface area (Å²) >= 11 is 0. The Hall–Kier alpha value is -1.26. The number of carbonyl (C=O) groups excluding carboxylic acids is 1.